The summed E-state index contributed by atoms with van der Waals surface area (Å²) in [6, 6.07) is 0. The maximum absolute atomic E-state index is 12.6. The monoisotopic (exact) mass is 557 g/mol. The van der Waals surface area contributed by atoms with Gasteiger partial charge >= 0.3 is 5.97 Å². The first kappa shape index (κ1) is 32.7. The van der Waals surface area contributed by atoms with E-state index in [4.69, 9.17) is 5.11 Å². The molecular weight excluding hydrogens is 514 g/mol. The van der Waals surface area contributed by atoms with Crippen LogP contribution in [-0.4, -0.2) is 71.2 Å². The van der Waals surface area contributed by atoms with E-state index in [-0.39, 0.29) is 45.1 Å². The minimum atomic E-state index is -1.23. The number of amides is 1. The summed E-state index contributed by atoms with van der Waals surface area (Å²) in [6.45, 7) is 12.5. The third-order valence-corrected chi connectivity index (χ3v) is 7.09. The molecule has 0 aromatic rings. The molecule has 0 unspecified atom stereocenters. The van der Waals surface area contributed by atoms with Gasteiger partial charge in [-0.15, -0.1) is 0 Å². The number of carboxylic acids is 1. The zero-order valence-electron chi connectivity index (χ0n) is 24.6. The predicted octanol–water partition coefficient (Wildman–Crippen LogP) is 2.88. The SMILES string of the molecule is CC(NCCCN(CCCNC(C)=C1C(=O)CC(C)(C)CC1=O)C(=O)/C=C\C(=O)O)=C1C(=O)CC(C)(C)CC1=O. The number of ketones is 4. The smallest absolute Gasteiger partial charge is 0.328 e. The molecule has 10 heteroatoms. The second-order valence-electron chi connectivity index (χ2n) is 12.3. The molecule has 40 heavy (non-hydrogen) atoms. The van der Waals surface area contributed by atoms with Gasteiger partial charge in [-0.1, -0.05) is 27.7 Å². The minimum Gasteiger partial charge on any atom is -0.478 e. The number of allylic oxidation sites excluding steroid dienone is 4. The van der Waals surface area contributed by atoms with Crippen LogP contribution < -0.4 is 10.6 Å². The third kappa shape index (κ3) is 9.57. The Labute approximate surface area is 236 Å². The lowest BCUT2D eigenvalue weighted by Crippen LogP contribution is -2.36. The van der Waals surface area contributed by atoms with Gasteiger partial charge in [0.15, 0.2) is 23.1 Å². The van der Waals surface area contributed by atoms with Crippen LogP contribution in [0.4, 0.5) is 0 Å². The summed E-state index contributed by atoms with van der Waals surface area (Å²) in [7, 11) is 0. The molecule has 2 rings (SSSR count). The van der Waals surface area contributed by atoms with Crippen LogP contribution in [0.3, 0.4) is 0 Å². The van der Waals surface area contributed by atoms with Crippen molar-refractivity contribution in [2.75, 3.05) is 26.2 Å². The highest BCUT2D eigenvalue weighted by molar-refractivity contribution is 6.23. The number of nitrogens with one attached hydrogen (secondary N) is 2. The second-order valence-corrected chi connectivity index (χ2v) is 12.3. The van der Waals surface area contributed by atoms with Crippen LogP contribution in [0.2, 0.25) is 0 Å². The molecular formula is C30H43N3O7. The van der Waals surface area contributed by atoms with Crippen LogP contribution in [0.25, 0.3) is 0 Å². The highest BCUT2D eigenvalue weighted by atomic mass is 16.4. The maximum Gasteiger partial charge on any atom is 0.328 e. The number of hydrogen-bond acceptors (Lipinski definition) is 8. The van der Waals surface area contributed by atoms with E-state index < -0.39 is 11.9 Å². The summed E-state index contributed by atoms with van der Waals surface area (Å²) >= 11 is 0. The van der Waals surface area contributed by atoms with E-state index in [1.165, 1.54) is 4.90 Å². The van der Waals surface area contributed by atoms with E-state index in [1.807, 2.05) is 27.7 Å². The van der Waals surface area contributed by atoms with Crippen molar-refractivity contribution in [1.29, 1.82) is 0 Å². The third-order valence-electron chi connectivity index (χ3n) is 7.09. The summed E-state index contributed by atoms with van der Waals surface area (Å²) in [5, 5.41) is 15.1. The Morgan fingerprint density at radius 2 is 1.07 bits per heavy atom. The minimum absolute atomic E-state index is 0.167. The van der Waals surface area contributed by atoms with E-state index in [0.29, 0.717) is 76.1 Å². The first-order valence-electron chi connectivity index (χ1n) is 13.8. The van der Waals surface area contributed by atoms with Crippen molar-refractivity contribution in [3.8, 4) is 0 Å². The fourth-order valence-corrected chi connectivity index (χ4v) is 5.21. The Balaban J connectivity index is 1.95. The summed E-state index contributed by atoms with van der Waals surface area (Å²) in [5.74, 6) is -2.34. The van der Waals surface area contributed by atoms with E-state index in [2.05, 4.69) is 10.6 Å². The number of nitrogens with zero attached hydrogens (tertiary/aromatic N) is 1. The molecule has 2 aliphatic carbocycles. The molecule has 220 valence electrons. The Morgan fingerprint density at radius 1 is 0.725 bits per heavy atom. The lowest BCUT2D eigenvalue weighted by atomic mass is 9.73. The van der Waals surface area contributed by atoms with Gasteiger partial charge in [-0.05, 0) is 37.5 Å². The molecule has 0 bridgehead atoms. The summed E-state index contributed by atoms with van der Waals surface area (Å²) in [5.41, 5.74) is 0.792. The first-order valence-corrected chi connectivity index (χ1v) is 13.8. The Kier molecular flexibility index (Phi) is 11.2. The number of carbonyl (C=O) groups is 6. The molecule has 3 N–H and O–H groups in total. The van der Waals surface area contributed by atoms with E-state index in [1.54, 1.807) is 13.8 Å². The maximum atomic E-state index is 12.6. The average molecular weight is 558 g/mol. The first-order chi connectivity index (χ1) is 18.5. The van der Waals surface area contributed by atoms with Crippen LogP contribution in [0.15, 0.2) is 34.7 Å². The number of rotatable bonds is 12. The van der Waals surface area contributed by atoms with Crippen LogP contribution in [0, 0.1) is 10.8 Å². The molecule has 0 saturated heterocycles. The van der Waals surface area contributed by atoms with Crippen LogP contribution in [0.5, 0.6) is 0 Å². The van der Waals surface area contributed by atoms with Gasteiger partial charge in [-0.25, -0.2) is 4.79 Å². The van der Waals surface area contributed by atoms with Crippen LogP contribution >= 0.6 is 0 Å². The molecule has 10 nitrogen and oxygen atoms in total. The highest BCUT2D eigenvalue weighted by Crippen LogP contribution is 2.35. The zero-order valence-corrected chi connectivity index (χ0v) is 24.6. The molecule has 1 amide bonds. The van der Waals surface area contributed by atoms with Gasteiger partial charge in [-0.3, -0.25) is 24.0 Å². The normalized spacial score (nSPS) is 18.6. The quantitative estimate of drug-likeness (QED) is 0.187. The van der Waals surface area contributed by atoms with Gasteiger partial charge in [0.25, 0.3) is 0 Å². The van der Waals surface area contributed by atoms with Crippen molar-refractivity contribution in [3.05, 3.63) is 34.7 Å². The molecule has 0 radical (unpaired) electrons. The van der Waals surface area contributed by atoms with Gasteiger partial charge in [0.2, 0.25) is 5.91 Å². The fraction of sp³-hybridized carbons (Fsp3) is 0.600. The van der Waals surface area contributed by atoms with Crippen molar-refractivity contribution < 1.29 is 33.9 Å². The largest absolute Gasteiger partial charge is 0.478 e. The van der Waals surface area contributed by atoms with Crippen molar-refractivity contribution >= 4 is 35.0 Å². The number of carboxylic acid groups (broad SMARTS) is 1. The predicted molar refractivity (Wildman–Crippen MR) is 150 cm³/mol. The summed E-state index contributed by atoms with van der Waals surface area (Å²) in [4.78, 5) is 75.1. The van der Waals surface area contributed by atoms with E-state index in [0.717, 1.165) is 12.2 Å². The Morgan fingerprint density at radius 3 is 1.40 bits per heavy atom. The van der Waals surface area contributed by atoms with Gasteiger partial charge < -0.3 is 20.6 Å². The molecule has 0 spiro atoms. The number of hydrogen-bond donors (Lipinski definition) is 3. The topological polar surface area (TPSA) is 150 Å². The highest BCUT2D eigenvalue weighted by Gasteiger charge is 2.37. The number of carbonyl (C=O) groups excluding carboxylic acids is 5. The standard InChI is InChI=1S/C30H43N3O7/c1-19(27-21(34)15-29(3,4)16-22(27)35)31-11-7-13-33(25(38)9-10-26(39)40)14-8-12-32-20(2)28-23(36)17-30(5,6)18-24(28)37/h9-10,31-32H,7-8,11-18H2,1-6H3,(H,39,40)/b10-9-. The van der Waals surface area contributed by atoms with Crippen molar-refractivity contribution in [2.45, 2.75) is 80.1 Å². The van der Waals surface area contributed by atoms with E-state index >= 15 is 0 Å². The van der Waals surface area contributed by atoms with Crippen LogP contribution in [0.1, 0.15) is 80.1 Å². The molecule has 0 aromatic carbocycles. The molecule has 2 saturated carbocycles. The lowest BCUT2D eigenvalue weighted by Gasteiger charge is -2.29. The molecule has 2 aliphatic rings. The summed E-state index contributed by atoms with van der Waals surface area (Å²) in [6.07, 6.45) is 4.06. The average Bonchev–Trinajstić information content (AvgIpc) is 2.78. The number of Topliss-reactive ketones (excluding diaryl/α,β-unsaturated/α-hetero) is 4. The number of aliphatic carboxylic acids is 1. The fourth-order valence-electron chi connectivity index (χ4n) is 5.21. The van der Waals surface area contributed by atoms with Gasteiger partial charge in [-0.2, -0.15) is 0 Å². The Bertz CT molecular complexity index is 1040. The molecule has 0 atom stereocenters. The molecule has 2 fully saturated rings. The van der Waals surface area contributed by atoms with Gasteiger partial charge in [0, 0.05) is 75.4 Å². The Hall–Kier alpha value is -3.56. The van der Waals surface area contributed by atoms with Crippen molar-refractivity contribution in [2.24, 2.45) is 10.8 Å². The molecule has 0 aliphatic heterocycles. The molecule has 0 aromatic heterocycles. The zero-order chi connectivity index (χ0) is 30.3. The molecule has 0 heterocycles. The second kappa shape index (κ2) is 13.7. The summed E-state index contributed by atoms with van der Waals surface area (Å²) < 4.78 is 0. The van der Waals surface area contributed by atoms with Gasteiger partial charge in [0.05, 0.1) is 11.1 Å². The van der Waals surface area contributed by atoms with Crippen molar-refractivity contribution in [1.82, 2.24) is 15.5 Å². The van der Waals surface area contributed by atoms with E-state index in [9.17, 15) is 28.8 Å². The lowest BCUT2D eigenvalue weighted by molar-refractivity contribution is -0.132. The van der Waals surface area contributed by atoms with Crippen molar-refractivity contribution in [3.63, 3.8) is 0 Å². The van der Waals surface area contributed by atoms with Crippen LogP contribution in [-0.2, 0) is 28.8 Å². The van der Waals surface area contributed by atoms with Gasteiger partial charge in [0.1, 0.15) is 0 Å².